The molecule has 3 fully saturated rings. The van der Waals surface area contributed by atoms with E-state index < -0.39 is 0 Å². The number of nitrogens with zero attached hydrogens (tertiary/aromatic N) is 7. The maximum absolute atomic E-state index is 5.88. The molecule has 0 radical (unpaired) electrons. The minimum atomic E-state index is 0.176. The molecular formula is C26H31N7O. The van der Waals surface area contributed by atoms with Crippen molar-refractivity contribution < 1.29 is 4.74 Å². The summed E-state index contributed by atoms with van der Waals surface area (Å²) in [6.45, 7) is 9.05. The standard InChI is InChI=1S/C26H31N7O/c1-2-22-27-9-12-33(22)24(3-1)31-17-15-30(16-18-31)23-5-4-21-6-10-32(25(21)28-23)14-13-29-11-7-26(20-29)8-19-34-26/h1-6,9-10,12H,7-8,11,13-20H2. The van der Waals surface area contributed by atoms with Crippen molar-refractivity contribution in [1.82, 2.24) is 23.8 Å². The lowest BCUT2D eigenvalue weighted by Crippen LogP contribution is -2.47. The maximum Gasteiger partial charge on any atom is 0.142 e. The minimum absolute atomic E-state index is 0.176. The lowest BCUT2D eigenvalue weighted by Gasteiger charge is -2.38. The molecule has 0 bridgehead atoms. The normalized spacial score (nSPS) is 23.4. The Morgan fingerprint density at radius 3 is 2.59 bits per heavy atom. The first-order valence-electron chi connectivity index (χ1n) is 12.5. The minimum Gasteiger partial charge on any atom is -0.373 e. The largest absolute Gasteiger partial charge is 0.373 e. The van der Waals surface area contributed by atoms with Crippen molar-refractivity contribution in [3.05, 3.63) is 55.0 Å². The summed E-state index contributed by atoms with van der Waals surface area (Å²) in [4.78, 5) is 17.0. The summed E-state index contributed by atoms with van der Waals surface area (Å²) >= 11 is 0. The molecule has 1 atom stereocenters. The molecule has 0 N–H and O–H groups in total. The molecule has 0 saturated carbocycles. The highest BCUT2D eigenvalue weighted by atomic mass is 16.5. The van der Waals surface area contributed by atoms with E-state index in [4.69, 9.17) is 9.72 Å². The summed E-state index contributed by atoms with van der Waals surface area (Å²) < 4.78 is 10.4. The smallest absolute Gasteiger partial charge is 0.142 e. The first-order valence-corrected chi connectivity index (χ1v) is 12.5. The van der Waals surface area contributed by atoms with Crippen LogP contribution in [0.25, 0.3) is 16.7 Å². The third-order valence-corrected chi connectivity index (χ3v) is 7.95. The van der Waals surface area contributed by atoms with Crippen molar-refractivity contribution in [2.75, 3.05) is 62.2 Å². The molecule has 3 aliphatic heterocycles. The van der Waals surface area contributed by atoms with E-state index in [0.29, 0.717) is 0 Å². The number of likely N-dealkylation sites (tertiary alicyclic amines) is 1. The SMILES string of the molecule is c1cc(N2CCN(c3ccc4ccn(CCN5CCC6(CCO6)C5)c4n3)CC2)n2ccnc2c1. The first-order chi connectivity index (χ1) is 16.8. The lowest BCUT2D eigenvalue weighted by atomic mass is 9.94. The van der Waals surface area contributed by atoms with E-state index in [1.807, 2.05) is 12.4 Å². The van der Waals surface area contributed by atoms with Gasteiger partial charge in [0.25, 0.3) is 0 Å². The number of ether oxygens (including phenoxy) is 1. The van der Waals surface area contributed by atoms with Crippen LogP contribution in [0.3, 0.4) is 0 Å². The Morgan fingerprint density at radius 1 is 0.882 bits per heavy atom. The van der Waals surface area contributed by atoms with Crippen molar-refractivity contribution in [2.45, 2.75) is 25.0 Å². The summed E-state index contributed by atoms with van der Waals surface area (Å²) in [5, 5.41) is 1.22. The van der Waals surface area contributed by atoms with Gasteiger partial charge in [0.15, 0.2) is 0 Å². The van der Waals surface area contributed by atoms with Crippen LogP contribution in [0.15, 0.2) is 55.0 Å². The van der Waals surface area contributed by atoms with Gasteiger partial charge in [0.2, 0.25) is 0 Å². The topological polar surface area (TPSA) is 54.1 Å². The van der Waals surface area contributed by atoms with Gasteiger partial charge in [-0.3, -0.25) is 9.30 Å². The molecule has 8 heteroatoms. The van der Waals surface area contributed by atoms with Gasteiger partial charge in [-0.25, -0.2) is 9.97 Å². The number of hydrogen-bond donors (Lipinski definition) is 0. The first kappa shape index (κ1) is 20.3. The molecule has 4 aromatic rings. The summed E-state index contributed by atoms with van der Waals surface area (Å²) in [7, 11) is 0. The number of imidazole rings is 1. The number of piperazine rings is 1. The van der Waals surface area contributed by atoms with Gasteiger partial charge in [-0.15, -0.1) is 0 Å². The molecule has 4 aromatic heterocycles. The molecule has 7 heterocycles. The van der Waals surface area contributed by atoms with Crippen molar-refractivity contribution in [3.8, 4) is 0 Å². The highest BCUT2D eigenvalue weighted by Crippen LogP contribution is 2.35. The van der Waals surface area contributed by atoms with Crippen LogP contribution in [0, 0.1) is 0 Å². The zero-order valence-electron chi connectivity index (χ0n) is 19.5. The lowest BCUT2D eigenvalue weighted by molar-refractivity contribution is -0.137. The second-order valence-electron chi connectivity index (χ2n) is 9.91. The molecule has 0 amide bonds. The highest BCUT2D eigenvalue weighted by Gasteiger charge is 2.44. The molecule has 1 unspecified atom stereocenters. The van der Waals surface area contributed by atoms with Gasteiger partial charge in [-0.1, -0.05) is 6.07 Å². The summed E-state index contributed by atoms with van der Waals surface area (Å²) in [6.07, 6.45) is 8.51. The monoisotopic (exact) mass is 457 g/mol. The van der Waals surface area contributed by atoms with Crippen molar-refractivity contribution in [3.63, 3.8) is 0 Å². The van der Waals surface area contributed by atoms with E-state index in [2.05, 4.69) is 71.2 Å². The van der Waals surface area contributed by atoms with Crippen LogP contribution in [-0.2, 0) is 11.3 Å². The number of hydrogen-bond acceptors (Lipinski definition) is 6. The van der Waals surface area contributed by atoms with E-state index >= 15 is 0 Å². The average Bonchev–Trinajstić information content (AvgIpc) is 3.60. The van der Waals surface area contributed by atoms with E-state index in [1.165, 1.54) is 24.0 Å². The third kappa shape index (κ3) is 3.44. The molecule has 176 valence electrons. The van der Waals surface area contributed by atoms with Crippen LogP contribution < -0.4 is 9.80 Å². The zero-order chi connectivity index (χ0) is 22.5. The van der Waals surface area contributed by atoms with E-state index in [9.17, 15) is 0 Å². The van der Waals surface area contributed by atoms with Crippen LogP contribution in [0.2, 0.25) is 0 Å². The highest BCUT2D eigenvalue weighted by molar-refractivity contribution is 5.78. The Hall–Kier alpha value is -3.10. The van der Waals surface area contributed by atoms with Crippen molar-refractivity contribution in [2.24, 2.45) is 0 Å². The fourth-order valence-corrected chi connectivity index (χ4v) is 5.84. The van der Waals surface area contributed by atoms with Gasteiger partial charge < -0.3 is 19.1 Å². The van der Waals surface area contributed by atoms with E-state index in [-0.39, 0.29) is 5.60 Å². The fourth-order valence-electron chi connectivity index (χ4n) is 5.84. The van der Waals surface area contributed by atoms with Gasteiger partial charge >= 0.3 is 0 Å². The molecule has 0 aliphatic carbocycles. The second-order valence-corrected chi connectivity index (χ2v) is 9.91. The van der Waals surface area contributed by atoms with Gasteiger partial charge in [-0.05, 0) is 36.8 Å². The third-order valence-electron chi connectivity index (χ3n) is 7.95. The zero-order valence-corrected chi connectivity index (χ0v) is 19.5. The van der Waals surface area contributed by atoms with E-state index in [1.54, 1.807) is 0 Å². The number of fused-ring (bicyclic) bond motifs is 2. The van der Waals surface area contributed by atoms with Crippen LogP contribution in [-0.4, -0.2) is 81.9 Å². The van der Waals surface area contributed by atoms with Crippen LogP contribution in [0.4, 0.5) is 11.6 Å². The fraction of sp³-hybridized carbons (Fsp3) is 0.462. The molecule has 8 nitrogen and oxygen atoms in total. The van der Waals surface area contributed by atoms with Gasteiger partial charge in [0.05, 0.1) is 12.2 Å². The van der Waals surface area contributed by atoms with Crippen LogP contribution in [0.1, 0.15) is 12.8 Å². The van der Waals surface area contributed by atoms with Gasteiger partial charge in [0, 0.05) is 82.8 Å². The molecular weight excluding hydrogens is 426 g/mol. The average molecular weight is 458 g/mol. The van der Waals surface area contributed by atoms with Gasteiger partial charge in [0.1, 0.15) is 22.9 Å². The summed E-state index contributed by atoms with van der Waals surface area (Å²) in [6, 6.07) is 12.9. The predicted octanol–water partition coefficient (Wildman–Crippen LogP) is 2.88. The number of anilines is 2. The van der Waals surface area contributed by atoms with Crippen molar-refractivity contribution in [1.29, 1.82) is 0 Å². The Labute approximate surface area is 199 Å². The Morgan fingerprint density at radius 2 is 1.76 bits per heavy atom. The number of rotatable bonds is 5. The maximum atomic E-state index is 5.88. The molecule has 3 aliphatic rings. The molecule has 0 aromatic carbocycles. The van der Waals surface area contributed by atoms with E-state index in [0.717, 1.165) is 76.1 Å². The molecule has 3 saturated heterocycles. The predicted molar refractivity (Wildman–Crippen MR) is 134 cm³/mol. The molecule has 1 spiro atoms. The Balaban J connectivity index is 1.03. The Bertz CT molecular complexity index is 1320. The Kier molecular flexibility index (Phi) is 4.77. The summed E-state index contributed by atoms with van der Waals surface area (Å²) in [5.74, 6) is 2.29. The number of aromatic nitrogens is 4. The number of pyridine rings is 2. The summed E-state index contributed by atoms with van der Waals surface area (Å²) in [5.41, 5.74) is 2.27. The molecule has 34 heavy (non-hydrogen) atoms. The second kappa shape index (κ2) is 7.99. The molecule has 7 rings (SSSR count). The van der Waals surface area contributed by atoms with Crippen LogP contribution >= 0.6 is 0 Å². The quantitative estimate of drug-likeness (QED) is 0.459. The van der Waals surface area contributed by atoms with Crippen molar-refractivity contribution >= 4 is 28.3 Å². The van der Waals surface area contributed by atoms with Gasteiger partial charge in [-0.2, -0.15) is 0 Å². The van der Waals surface area contributed by atoms with Crippen LogP contribution in [0.5, 0.6) is 0 Å².